The number of rotatable bonds is 0. The number of aromatic nitrogens is 1. The number of nitrogens with zero attached hydrogens (tertiary/aromatic N) is 1. The molecule has 0 saturated heterocycles. The summed E-state index contributed by atoms with van der Waals surface area (Å²) in [6, 6.07) is 11.6. The lowest BCUT2D eigenvalue weighted by Crippen LogP contribution is -1.84. The van der Waals surface area contributed by atoms with Gasteiger partial charge in [0.1, 0.15) is 5.75 Å². The van der Waals surface area contributed by atoms with Crippen LogP contribution < -0.4 is 0 Å². The van der Waals surface area contributed by atoms with Gasteiger partial charge in [0, 0.05) is 20.5 Å². The number of benzene rings is 2. The first-order chi connectivity index (χ1) is 7.77. The summed E-state index contributed by atoms with van der Waals surface area (Å²) in [5.74, 6) is 0.291. The molecule has 1 heterocycles. The maximum Gasteiger partial charge on any atom is 0.125 e. The van der Waals surface area contributed by atoms with Gasteiger partial charge in [-0.05, 0) is 40.8 Å². The molecule has 0 radical (unpaired) electrons. The summed E-state index contributed by atoms with van der Waals surface area (Å²) in [4.78, 5) is 4.35. The molecule has 3 rings (SSSR count). The SMILES string of the molecule is Oc1ccc(I)c2ccc3cccnc3c12. The average Bonchev–Trinajstić information content (AvgIpc) is 2.33. The highest BCUT2D eigenvalue weighted by Gasteiger charge is 2.08. The predicted molar refractivity (Wildman–Crippen MR) is 73.6 cm³/mol. The average molecular weight is 321 g/mol. The summed E-state index contributed by atoms with van der Waals surface area (Å²) in [5.41, 5.74) is 0.857. The fourth-order valence-electron chi connectivity index (χ4n) is 1.93. The molecule has 0 atom stereocenters. The molecular formula is C13H8INO. The Morgan fingerprint density at radius 1 is 1.06 bits per heavy atom. The first-order valence-corrected chi connectivity index (χ1v) is 6.00. The van der Waals surface area contributed by atoms with Crippen molar-refractivity contribution < 1.29 is 5.11 Å². The van der Waals surface area contributed by atoms with Gasteiger partial charge >= 0.3 is 0 Å². The van der Waals surface area contributed by atoms with Crippen LogP contribution in [0.15, 0.2) is 42.6 Å². The number of fused-ring (bicyclic) bond motifs is 3. The Labute approximate surface area is 106 Å². The molecule has 0 fully saturated rings. The van der Waals surface area contributed by atoms with Crippen LogP contribution in [0.3, 0.4) is 0 Å². The Kier molecular flexibility index (Phi) is 2.21. The van der Waals surface area contributed by atoms with Gasteiger partial charge in [0.2, 0.25) is 0 Å². The third kappa shape index (κ3) is 1.35. The molecule has 0 saturated carbocycles. The van der Waals surface area contributed by atoms with E-state index < -0.39 is 0 Å². The van der Waals surface area contributed by atoms with E-state index in [1.165, 1.54) is 0 Å². The number of hydrogen-bond acceptors (Lipinski definition) is 2. The van der Waals surface area contributed by atoms with Crippen LogP contribution in [0.5, 0.6) is 5.75 Å². The lowest BCUT2D eigenvalue weighted by atomic mass is 10.1. The zero-order valence-corrected chi connectivity index (χ0v) is 10.5. The van der Waals surface area contributed by atoms with Crippen molar-refractivity contribution in [3.8, 4) is 5.75 Å². The number of hydrogen-bond donors (Lipinski definition) is 1. The highest BCUT2D eigenvalue weighted by Crippen LogP contribution is 2.33. The smallest absolute Gasteiger partial charge is 0.125 e. The third-order valence-corrected chi connectivity index (χ3v) is 3.62. The molecule has 0 unspecified atom stereocenters. The van der Waals surface area contributed by atoms with E-state index in [1.54, 1.807) is 12.3 Å². The Hall–Kier alpha value is -1.36. The van der Waals surface area contributed by atoms with Crippen LogP contribution in [0.4, 0.5) is 0 Å². The largest absolute Gasteiger partial charge is 0.507 e. The number of phenolic OH excluding ortho intramolecular Hbond substituents is 1. The van der Waals surface area contributed by atoms with Gasteiger partial charge in [0.25, 0.3) is 0 Å². The van der Waals surface area contributed by atoms with Gasteiger partial charge in [0.05, 0.1) is 10.9 Å². The van der Waals surface area contributed by atoms with Crippen molar-refractivity contribution in [2.45, 2.75) is 0 Å². The zero-order valence-electron chi connectivity index (χ0n) is 8.31. The van der Waals surface area contributed by atoms with Gasteiger partial charge in [0.15, 0.2) is 0 Å². The van der Waals surface area contributed by atoms with Crippen molar-refractivity contribution in [1.29, 1.82) is 0 Å². The van der Waals surface area contributed by atoms with Gasteiger partial charge in [-0.1, -0.05) is 18.2 Å². The normalized spacial score (nSPS) is 11.1. The summed E-state index contributed by atoms with van der Waals surface area (Å²) in [6.07, 6.45) is 1.75. The van der Waals surface area contributed by atoms with Gasteiger partial charge in [-0.3, -0.25) is 4.98 Å². The summed E-state index contributed by atoms with van der Waals surface area (Å²) < 4.78 is 1.12. The van der Waals surface area contributed by atoms with E-state index in [0.29, 0.717) is 5.75 Å². The molecule has 2 nitrogen and oxygen atoms in total. The Balaban J connectivity index is 2.64. The van der Waals surface area contributed by atoms with Gasteiger partial charge in [-0.25, -0.2) is 0 Å². The maximum absolute atomic E-state index is 9.95. The molecule has 1 aromatic heterocycles. The second kappa shape index (κ2) is 3.59. The molecule has 3 aromatic rings. The Bertz CT molecular complexity index is 694. The molecule has 0 aliphatic carbocycles. The van der Waals surface area contributed by atoms with Crippen LogP contribution in [0.25, 0.3) is 21.7 Å². The number of phenols is 1. The van der Waals surface area contributed by atoms with E-state index in [0.717, 1.165) is 25.2 Å². The van der Waals surface area contributed by atoms with Gasteiger partial charge in [-0.15, -0.1) is 0 Å². The van der Waals surface area contributed by atoms with Crippen LogP contribution in [-0.4, -0.2) is 10.1 Å². The van der Waals surface area contributed by atoms with E-state index >= 15 is 0 Å². The van der Waals surface area contributed by atoms with Crippen molar-refractivity contribution >= 4 is 44.3 Å². The van der Waals surface area contributed by atoms with Crippen LogP contribution in [0.2, 0.25) is 0 Å². The Morgan fingerprint density at radius 3 is 2.81 bits per heavy atom. The summed E-state index contributed by atoms with van der Waals surface area (Å²) in [5, 5.41) is 12.9. The quantitative estimate of drug-likeness (QED) is 0.506. The van der Waals surface area contributed by atoms with Crippen LogP contribution >= 0.6 is 22.6 Å². The molecule has 3 heteroatoms. The zero-order chi connectivity index (χ0) is 11.1. The molecule has 0 amide bonds. The number of pyridine rings is 1. The van der Waals surface area contributed by atoms with E-state index in [-0.39, 0.29) is 0 Å². The number of aromatic hydroxyl groups is 1. The minimum absolute atomic E-state index is 0.291. The molecule has 0 aliphatic heterocycles. The topological polar surface area (TPSA) is 33.1 Å². The van der Waals surface area contributed by atoms with Crippen LogP contribution in [0, 0.1) is 3.57 Å². The molecule has 0 bridgehead atoms. The number of halogens is 1. The van der Waals surface area contributed by atoms with Crippen molar-refractivity contribution in [2.24, 2.45) is 0 Å². The fraction of sp³-hybridized carbons (Fsp3) is 0. The highest BCUT2D eigenvalue weighted by atomic mass is 127. The van der Waals surface area contributed by atoms with E-state index in [2.05, 4.69) is 27.6 Å². The maximum atomic E-state index is 9.95. The van der Waals surface area contributed by atoms with E-state index in [1.807, 2.05) is 30.3 Å². The molecular weight excluding hydrogens is 313 g/mol. The molecule has 78 valence electrons. The lowest BCUT2D eigenvalue weighted by Gasteiger charge is -2.06. The summed E-state index contributed by atoms with van der Waals surface area (Å²) >= 11 is 2.27. The fourth-order valence-corrected chi connectivity index (χ4v) is 2.56. The second-order valence-corrected chi connectivity index (χ2v) is 4.79. The molecule has 2 aromatic carbocycles. The third-order valence-electron chi connectivity index (χ3n) is 2.68. The van der Waals surface area contributed by atoms with Gasteiger partial charge in [-0.2, -0.15) is 0 Å². The molecule has 0 spiro atoms. The minimum Gasteiger partial charge on any atom is -0.507 e. The highest BCUT2D eigenvalue weighted by molar-refractivity contribution is 14.1. The Morgan fingerprint density at radius 2 is 1.94 bits per heavy atom. The molecule has 0 aliphatic rings. The monoisotopic (exact) mass is 321 g/mol. The summed E-state index contributed by atoms with van der Waals surface area (Å²) in [6.45, 7) is 0. The lowest BCUT2D eigenvalue weighted by molar-refractivity contribution is 0.482. The van der Waals surface area contributed by atoms with Crippen LogP contribution in [0.1, 0.15) is 0 Å². The van der Waals surface area contributed by atoms with Crippen molar-refractivity contribution in [2.75, 3.05) is 0 Å². The first-order valence-electron chi connectivity index (χ1n) is 4.92. The minimum atomic E-state index is 0.291. The first kappa shape index (κ1) is 9.84. The van der Waals surface area contributed by atoms with Crippen LogP contribution in [-0.2, 0) is 0 Å². The summed E-state index contributed by atoms with van der Waals surface area (Å²) in [7, 11) is 0. The second-order valence-electron chi connectivity index (χ2n) is 3.63. The molecule has 16 heavy (non-hydrogen) atoms. The van der Waals surface area contributed by atoms with Gasteiger partial charge < -0.3 is 5.11 Å². The van der Waals surface area contributed by atoms with Crippen molar-refractivity contribution in [3.63, 3.8) is 0 Å². The van der Waals surface area contributed by atoms with E-state index in [4.69, 9.17) is 0 Å². The van der Waals surface area contributed by atoms with Crippen molar-refractivity contribution in [1.82, 2.24) is 4.98 Å². The molecule has 1 N–H and O–H groups in total. The predicted octanol–water partition coefficient (Wildman–Crippen LogP) is 3.70. The standard InChI is InChI=1S/C13H8INO/c14-10-5-6-11(16)12-9(10)4-3-8-2-1-7-15-13(8)12/h1-7,16H. The van der Waals surface area contributed by atoms with Crippen molar-refractivity contribution in [3.05, 3.63) is 46.2 Å². The van der Waals surface area contributed by atoms with E-state index in [9.17, 15) is 5.11 Å².